The summed E-state index contributed by atoms with van der Waals surface area (Å²) in [5.41, 5.74) is 3.57. The molecule has 3 rings (SSSR count). The van der Waals surface area contributed by atoms with E-state index in [0.29, 0.717) is 24.6 Å². The Labute approximate surface area is 133 Å². The fourth-order valence-corrected chi connectivity index (χ4v) is 2.93. The lowest BCUT2D eigenvalue weighted by Gasteiger charge is -2.32. The van der Waals surface area contributed by atoms with Crippen LogP contribution in [0.1, 0.15) is 21.5 Å². The van der Waals surface area contributed by atoms with Crippen LogP contribution in [0.2, 0.25) is 0 Å². The standard InChI is InChI=1S/C15H18N4O2S/c1-18(2)11-3-4-12(17-7-11)13-9-19(5-6-21-13)15(20)14-8-16-10-22-14/h3-4,7-8,10,13H,5-6,9H2,1-2H3. The molecule has 1 aliphatic heterocycles. The first kappa shape index (κ1) is 14.9. The summed E-state index contributed by atoms with van der Waals surface area (Å²) in [4.78, 5) is 25.3. The van der Waals surface area contributed by atoms with Crippen molar-refractivity contribution in [3.8, 4) is 0 Å². The van der Waals surface area contributed by atoms with E-state index in [9.17, 15) is 4.79 Å². The Balaban J connectivity index is 1.71. The first-order chi connectivity index (χ1) is 10.6. The van der Waals surface area contributed by atoms with E-state index in [1.54, 1.807) is 11.7 Å². The highest BCUT2D eigenvalue weighted by Gasteiger charge is 2.27. The summed E-state index contributed by atoms with van der Waals surface area (Å²) in [6, 6.07) is 3.97. The molecule has 1 saturated heterocycles. The van der Waals surface area contributed by atoms with Gasteiger partial charge in [-0.3, -0.25) is 14.8 Å². The van der Waals surface area contributed by atoms with Gasteiger partial charge < -0.3 is 14.5 Å². The zero-order chi connectivity index (χ0) is 15.5. The second-order valence-corrected chi connectivity index (χ2v) is 6.20. The van der Waals surface area contributed by atoms with Crippen LogP contribution in [0.15, 0.2) is 30.0 Å². The van der Waals surface area contributed by atoms with E-state index in [-0.39, 0.29) is 12.0 Å². The number of carbonyl (C=O) groups excluding carboxylic acids is 1. The van der Waals surface area contributed by atoms with Gasteiger partial charge >= 0.3 is 0 Å². The van der Waals surface area contributed by atoms with Crippen LogP contribution in [0.4, 0.5) is 5.69 Å². The minimum absolute atomic E-state index is 0.0145. The third-order valence-electron chi connectivity index (χ3n) is 3.61. The molecule has 1 fully saturated rings. The summed E-state index contributed by atoms with van der Waals surface area (Å²) in [6.45, 7) is 1.64. The number of amides is 1. The Bertz CT molecular complexity index is 628. The van der Waals surface area contributed by atoms with Crippen molar-refractivity contribution in [2.45, 2.75) is 6.10 Å². The zero-order valence-electron chi connectivity index (χ0n) is 12.6. The second-order valence-electron chi connectivity index (χ2n) is 5.31. The molecule has 0 bridgehead atoms. The number of hydrogen-bond acceptors (Lipinski definition) is 6. The maximum absolute atomic E-state index is 12.4. The fraction of sp³-hybridized carbons (Fsp3) is 0.400. The van der Waals surface area contributed by atoms with Crippen LogP contribution >= 0.6 is 11.3 Å². The van der Waals surface area contributed by atoms with Gasteiger partial charge in [0.05, 0.1) is 42.4 Å². The third-order valence-corrected chi connectivity index (χ3v) is 4.37. The van der Waals surface area contributed by atoms with E-state index in [0.717, 1.165) is 11.4 Å². The lowest BCUT2D eigenvalue weighted by atomic mass is 10.1. The van der Waals surface area contributed by atoms with Crippen LogP contribution in [-0.2, 0) is 4.74 Å². The molecule has 1 amide bonds. The minimum Gasteiger partial charge on any atom is -0.376 e. The molecule has 0 aliphatic carbocycles. The van der Waals surface area contributed by atoms with Crippen LogP contribution in [-0.4, -0.2) is 54.6 Å². The summed E-state index contributed by atoms with van der Waals surface area (Å²) < 4.78 is 5.78. The van der Waals surface area contributed by atoms with Gasteiger partial charge in [0.2, 0.25) is 0 Å². The molecule has 0 aromatic carbocycles. The molecule has 1 aliphatic rings. The Kier molecular flexibility index (Phi) is 4.35. The molecule has 0 saturated carbocycles. The molecule has 22 heavy (non-hydrogen) atoms. The summed E-state index contributed by atoms with van der Waals surface area (Å²) in [5, 5.41) is 0. The van der Waals surface area contributed by atoms with Gasteiger partial charge in [-0.2, -0.15) is 0 Å². The molecular formula is C15H18N4O2S. The second kappa shape index (κ2) is 6.41. The van der Waals surface area contributed by atoms with Crippen molar-refractivity contribution < 1.29 is 9.53 Å². The number of carbonyl (C=O) groups is 1. The van der Waals surface area contributed by atoms with Crippen molar-refractivity contribution in [1.82, 2.24) is 14.9 Å². The fourth-order valence-electron chi connectivity index (χ4n) is 2.34. The molecule has 3 heterocycles. The number of ether oxygens (including phenoxy) is 1. The lowest BCUT2D eigenvalue weighted by Crippen LogP contribution is -2.42. The van der Waals surface area contributed by atoms with Gasteiger partial charge in [0.15, 0.2) is 0 Å². The van der Waals surface area contributed by atoms with Crippen LogP contribution < -0.4 is 4.90 Å². The van der Waals surface area contributed by atoms with Crippen molar-refractivity contribution in [2.24, 2.45) is 0 Å². The van der Waals surface area contributed by atoms with E-state index < -0.39 is 0 Å². The quantitative estimate of drug-likeness (QED) is 0.864. The maximum Gasteiger partial charge on any atom is 0.265 e. The first-order valence-electron chi connectivity index (χ1n) is 7.08. The van der Waals surface area contributed by atoms with E-state index in [1.807, 2.05) is 42.2 Å². The number of aromatic nitrogens is 2. The van der Waals surface area contributed by atoms with Gasteiger partial charge in [-0.25, -0.2) is 0 Å². The summed E-state index contributed by atoms with van der Waals surface area (Å²) in [6.07, 6.45) is 3.26. The van der Waals surface area contributed by atoms with Crippen molar-refractivity contribution >= 4 is 22.9 Å². The summed E-state index contributed by atoms with van der Waals surface area (Å²) >= 11 is 1.36. The van der Waals surface area contributed by atoms with Crippen LogP contribution in [0.3, 0.4) is 0 Å². The first-order valence-corrected chi connectivity index (χ1v) is 7.96. The zero-order valence-corrected chi connectivity index (χ0v) is 13.4. The molecule has 2 aromatic rings. The highest BCUT2D eigenvalue weighted by Crippen LogP contribution is 2.23. The average molecular weight is 318 g/mol. The molecule has 1 unspecified atom stereocenters. The molecule has 0 spiro atoms. The van der Waals surface area contributed by atoms with Crippen molar-refractivity contribution in [2.75, 3.05) is 38.7 Å². The SMILES string of the molecule is CN(C)c1ccc(C2CN(C(=O)c3cncs3)CCO2)nc1. The van der Waals surface area contributed by atoms with Gasteiger partial charge in [-0.05, 0) is 12.1 Å². The topological polar surface area (TPSA) is 58.6 Å². The molecule has 0 N–H and O–H groups in total. The normalized spacial score (nSPS) is 18.3. The molecule has 2 aromatic heterocycles. The molecular weight excluding hydrogens is 300 g/mol. The number of rotatable bonds is 3. The van der Waals surface area contributed by atoms with E-state index in [1.165, 1.54) is 11.3 Å². The van der Waals surface area contributed by atoms with Crippen LogP contribution in [0, 0.1) is 0 Å². The van der Waals surface area contributed by atoms with Crippen LogP contribution in [0.25, 0.3) is 0 Å². The Morgan fingerprint density at radius 3 is 2.91 bits per heavy atom. The van der Waals surface area contributed by atoms with Gasteiger partial charge in [0, 0.05) is 20.6 Å². The number of morpholine rings is 1. The van der Waals surface area contributed by atoms with Crippen LogP contribution in [0.5, 0.6) is 0 Å². The molecule has 6 nitrogen and oxygen atoms in total. The smallest absolute Gasteiger partial charge is 0.265 e. The van der Waals surface area contributed by atoms with E-state index in [4.69, 9.17) is 4.74 Å². The average Bonchev–Trinajstić information content (AvgIpc) is 3.09. The van der Waals surface area contributed by atoms with E-state index >= 15 is 0 Å². The monoisotopic (exact) mass is 318 g/mol. The highest BCUT2D eigenvalue weighted by atomic mass is 32.1. The molecule has 0 radical (unpaired) electrons. The minimum atomic E-state index is -0.179. The molecule has 116 valence electrons. The predicted octanol–water partition coefficient (Wildman–Crippen LogP) is 1.82. The Morgan fingerprint density at radius 2 is 2.27 bits per heavy atom. The third kappa shape index (κ3) is 3.10. The van der Waals surface area contributed by atoms with Crippen molar-refractivity contribution in [1.29, 1.82) is 0 Å². The Hall–Kier alpha value is -1.99. The molecule has 7 heteroatoms. The number of thiazole rings is 1. The number of hydrogen-bond donors (Lipinski definition) is 0. The predicted molar refractivity (Wildman–Crippen MR) is 85.3 cm³/mol. The van der Waals surface area contributed by atoms with Gasteiger partial charge in [-0.15, -0.1) is 11.3 Å². The summed E-state index contributed by atoms with van der Waals surface area (Å²) in [5.74, 6) is 0.0145. The number of anilines is 1. The maximum atomic E-state index is 12.4. The summed E-state index contributed by atoms with van der Waals surface area (Å²) in [7, 11) is 3.95. The largest absolute Gasteiger partial charge is 0.376 e. The number of nitrogens with zero attached hydrogens (tertiary/aromatic N) is 4. The highest BCUT2D eigenvalue weighted by molar-refractivity contribution is 7.11. The van der Waals surface area contributed by atoms with Crippen molar-refractivity contribution in [3.63, 3.8) is 0 Å². The van der Waals surface area contributed by atoms with Crippen molar-refractivity contribution in [3.05, 3.63) is 40.6 Å². The lowest BCUT2D eigenvalue weighted by molar-refractivity contribution is -0.0245. The van der Waals surface area contributed by atoms with Gasteiger partial charge in [-0.1, -0.05) is 0 Å². The number of pyridine rings is 1. The van der Waals surface area contributed by atoms with Gasteiger partial charge in [0.25, 0.3) is 5.91 Å². The van der Waals surface area contributed by atoms with E-state index in [2.05, 4.69) is 9.97 Å². The van der Waals surface area contributed by atoms with Gasteiger partial charge in [0.1, 0.15) is 11.0 Å². The Morgan fingerprint density at radius 1 is 1.41 bits per heavy atom. The molecule has 1 atom stereocenters.